The predicted octanol–water partition coefficient (Wildman–Crippen LogP) is 0.902. The Morgan fingerprint density at radius 3 is 2.85 bits per heavy atom. The fraction of sp³-hybridized carbons (Fsp3) is 0.250. The number of aromatic nitrogens is 2. The van der Waals surface area contributed by atoms with Crippen molar-refractivity contribution in [2.75, 3.05) is 17.6 Å². The molecule has 0 bridgehead atoms. The largest absolute Gasteiger partial charge is 0.397 e. The Kier molecular flexibility index (Phi) is 4.26. The highest BCUT2D eigenvalue weighted by Crippen LogP contribution is 2.23. The third-order valence-electron chi connectivity index (χ3n) is 2.71. The molecule has 1 aromatic carbocycles. The van der Waals surface area contributed by atoms with E-state index in [1.54, 1.807) is 25.4 Å². The fourth-order valence-electron chi connectivity index (χ4n) is 1.70. The van der Waals surface area contributed by atoms with Crippen LogP contribution in [0.3, 0.4) is 0 Å². The standard InChI is InChI=1S/C12H17N5O2S/c1-2-17-20(18,19)10-3-4-11(13)12(5-10)14-6-9-7-15-16-8-9/h3-5,7-8,14,17H,2,6,13H2,1H3,(H,15,16). The van der Waals surface area contributed by atoms with Crippen LogP contribution in [0, 0.1) is 0 Å². The topological polar surface area (TPSA) is 113 Å². The molecular formula is C12H17N5O2S. The Balaban J connectivity index is 2.20. The molecule has 0 spiro atoms. The fourth-order valence-corrected chi connectivity index (χ4v) is 2.77. The zero-order valence-electron chi connectivity index (χ0n) is 11.1. The molecule has 0 saturated heterocycles. The van der Waals surface area contributed by atoms with Crippen LogP contribution in [0.4, 0.5) is 11.4 Å². The van der Waals surface area contributed by atoms with E-state index in [1.807, 2.05) is 0 Å². The van der Waals surface area contributed by atoms with Crippen molar-refractivity contribution in [2.24, 2.45) is 0 Å². The first kappa shape index (κ1) is 14.4. The highest BCUT2D eigenvalue weighted by Gasteiger charge is 2.14. The van der Waals surface area contributed by atoms with Crippen LogP contribution in [0.1, 0.15) is 12.5 Å². The van der Waals surface area contributed by atoms with Crippen molar-refractivity contribution in [2.45, 2.75) is 18.4 Å². The first-order valence-electron chi connectivity index (χ1n) is 6.13. The summed E-state index contributed by atoms with van der Waals surface area (Å²) in [5.41, 5.74) is 7.86. The highest BCUT2D eigenvalue weighted by molar-refractivity contribution is 7.89. The monoisotopic (exact) mass is 295 g/mol. The summed E-state index contributed by atoms with van der Waals surface area (Å²) in [5.74, 6) is 0. The van der Waals surface area contributed by atoms with Crippen LogP contribution in [-0.4, -0.2) is 25.2 Å². The summed E-state index contributed by atoms with van der Waals surface area (Å²) in [6.07, 6.45) is 3.44. The molecule has 2 rings (SSSR count). The molecule has 7 nitrogen and oxygen atoms in total. The lowest BCUT2D eigenvalue weighted by molar-refractivity contribution is 0.584. The zero-order chi connectivity index (χ0) is 14.6. The van der Waals surface area contributed by atoms with Gasteiger partial charge >= 0.3 is 0 Å². The van der Waals surface area contributed by atoms with Crippen LogP contribution >= 0.6 is 0 Å². The predicted molar refractivity (Wildman–Crippen MR) is 77.6 cm³/mol. The van der Waals surface area contributed by atoms with Gasteiger partial charge in [-0.1, -0.05) is 6.92 Å². The van der Waals surface area contributed by atoms with Crippen molar-refractivity contribution < 1.29 is 8.42 Å². The van der Waals surface area contributed by atoms with Crippen molar-refractivity contribution in [3.05, 3.63) is 36.2 Å². The van der Waals surface area contributed by atoms with Gasteiger partial charge < -0.3 is 11.1 Å². The Hall–Kier alpha value is -2.06. The van der Waals surface area contributed by atoms with Gasteiger partial charge in [0.1, 0.15) is 0 Å². The van der Waals surface area contributed by atoms with E-state index in [2.05, 4.69) is 20.2 Å². The number of nitrogens with two attached hydrogens (primary N) is 1. The minimum atomic E-state index is -3.49. The zero-order valence-corrected chi connectivity index (χ0v) is 11.9. The number of hydrogen-bond acceptors (Lipinski definition) is 5. The molecule has 20 heavy (non-hydrogen) atoms. The summed E-state index contributed by atoms with van der Waals surface area (Å²) >= 11 is 0. The minimum absolute atomic E-state index is 0.184. The van der Waals surface area contributed by atoms with E-state index >= 15 is 0 Å². The molecule has 1 heterocycles. The van der Waals surface area contributed by atoms with Gasteiger partial charge in [-0.3, -0.25) is 5.10 Å². The molecule has 0 aliphatic carbocycles. The number of aromatic amines is 1. The molecule has 0 unspecified atom stereocenters. The van der Waals surface area contributed by atoms with E-state index in [4.69, 9.17) is 5.73 Å². The summed E-state index contributed by atoms with van der Waals surface area (Å²) in [4.78, 5) is 0.184. The molecule has 2 aromatic rings. The van der Waals surface area contributed by atoms with Gasteiger partial charge in [0, 0.05) is 24.8 Å². The average molecular weight is 295 g/mol. The van der Waals surface area contributed by atoms with E-state index in [9.17, 15) is 8.42 Å². The number of nitrogens with one attached hydrogen (secondary N) is 3. The first-order chi connectivity index (χ1) is 9.53. The van der Waals surface area contributed by atoms with E-state index in [0.29, 0.717) is 24.5 Å². The minimum Gasteiger partial charge on any atom is -0.397 e. The van der Waals surface area contributed by atoms with Crippen molar-refractivity contribution in [1.82, 2.24) is 14.9 Å². The molecule has 5 N–H and O–H groups in total. The molecule has 0 aliphatic rings. The molecule has 0 atom stereocenters. The maximum Gasteiger partial charge on any atom is 0.240 e. The highest BCUT2D eigenvalue weighted by atomic mass is 32.2. The molecular weight excluding hydrogens is 278 g/mol. The van der Waals surface area contributed by atoms with E-state index in [-0.39, 0.29) is 4.90 Å². The second-order valence-corrected chi connectivity index (χ2v) is 5.98. The molecule has 8 heteroatoms. The van der Waals surface area contributed by atoms with Crippen molar-refractivity contribution in [3.63, 3.8) is 0 Å². The number of anilines is 2. The molecule has 0 radical (unpaired) electrons. The van der Waals surface area contributed by atoms with Crippen LogP contribution in [-0.2, 0) is 16.6 Å². The van der Waals surface area contributed by atoms with Gasteiger partial charge in [0.15, 0.2) is 0 Å². The van der Waals surface area contributed by atoms with Crippen LogP contribution in [0.25, 0.3) is 0 Å². The first-order valence-corrected chi connectivity index (χ1v) is 7.62. The van der Waals surface area contributed by atoms with E-state index in [1.165, 1.54) is 12.1 Å². The second-order valence-electron chi connectivity index (χ2n) is 4.21. The Morgan fingerprint density at radius 2 is 2.20 bits per heavy atom. The molecule has 1 aromatic heterocycles. The molecule has 0 saturated carbocycles. The van der Waals surface area contributed by atoms with E-state index in [0.717, 1.165) is 5.56 Å². The number of H-pyrrole nitrogens is 1. The summed E-state index contributed by atoms with van der Waals surface area (Å²) in [7, 11) is -3.49. The Bertz CT molecular complexity index is 667. The molecule has 108 valence electrons. The lowest BCUT2D eigenvalue weighted by Gasteiger charge is -2.11. The quantitative estimate of drug-likeness (QED) is 0.591. The third kappa shape index (κ3) is 3.28. The molecule has 0 amide bonds. The number of hydrogen-bond donors (Lipinski definition) is 4. The van der Waals surface area contributed by atoms with Gasteiger partial charge in [-0.25, -0.2) is 13.1 Å². The lowest BCUT2D eigenvalue weighted by Crippen LogP contribution is -2.23. The molecule has 0 aliphatic heterocycles. The third-order valence-corrected chi connectivity index (χ3v) is 4.25. The number of nitrogens with zero attached hydrogens (tertiary/aromatic N) is 1. The maximum absolute atomic E-state index is 11.9. The summed E-state index contributed by atoms with van der Waals surface area (Å²) in [5, 5.41) is 9.63. The lowest BCUT2D eigenvalue weighted by atomic mass is 10.2. The summed E-state index contributed by atoms with van der Waals surface area (Å²) in [6, 6.07) is 4.58. The van der Waals surface area contributed by atoms with Gasteiger partial charge in [-0.05, 0) is 18.2 Å². The van der Waals surface area contributed by atoms with Gasteiger partial charge in [-0.2, -0.15) is 5.10 Å². The maximum atomic E-state index is 11.9. The van der Waals surface area contributed by atoms with Gasteiger partial charge in [0.25, 0.3) is 0 Å². The second kappa shape index (κ2) is 5.93. The normalized spacial score (nSPS) is 11.4. The number of benzene rings is 1. The van der Waals surface area contributed by atoms with Crippen molar-refractivity contribution in [1.29, 1.82) is 0 Å². The van der Waals surface area contributed by atoms with Gasteiger partial charge in [0.05, 0.1) is 22.5 Å². The van der Waals surface area contributed by atoms with E-state index < -0.39 is 10.0 Å². The van der Waals surface area contributed by atoms with Crippen LogP contribution < -0.4 is 15.8 Å². The summed E-state index contributed by atoms with van der Waals surface area (Å²) < 4.78 is 26.3. The van der Waals surface area contributed by atoms with Gasteiger partial charge in [0.2, 0.25) is 10.0 Å². The van der Waals surface area contributed by atoms with Gasteiger partial charge in [-0.15, -0.1) is 0 Å². The Morgan fingerprint density at radius 1 is 1.40 bits per heavy atom. The van der Waals surface area contributed by atoms with Crippen molar-refractivity contribution >= 4 is 21.4 Å². The molecule has 0 fully saturated rings. The van der Waals surface area contributed by atoms with Crippen LogP contribution in [0.2, 0.25) is 0 Å². The summed E-state index contributed by atoms with van der Waals surface area (Å²) in [6.45, 7) is 2.57. The number of sulfonamides is 1. The smallest absolute Gasteiger partial charge is 0.240 e. The van der Waals surface area contributed by atoms with Crippen molar-refractivity contribution in [3.8, 4) is 0 Å². The van der Waals surface area contributed by atoms with Crippen LogP contribution in [0.5, 0.6) is 0 Å². The average Bonchev–Trinajstić information content (AvgIpc) is 2.90. The number of rotatable bonds is 6. The number of nitrogen functional groups attached to an aromatic ring is 1. The Labute approximate surface area is 117 Å². The SMILES string of the molecule is CCNS(=O)(=O)c1ccc(N)c(NCc2cn[nH]c2)c1. The van der Waals surface area contributed by atoms with Crippen LogP contribution in [0.15, 0.2) is 35.5 Å².